The van der Waals surface area contributed by atoms with Crippen molar-refractivity contribution < 1.29 is 0 Å². The summed E-state index contributed by atoms with van der Waals surface area (Å²) in [5.74, 6) is 0. The van der Waals surface area contributed by atoms with Gasteiger partial charge in [0.15, 0.2) is 0 Å². The maximum atomic E-state index is 2.24. The summed E-state index contributed by atoms with van der Waals surface area (Å²) in [4.78, 5) is 0. The summed E-state index contributed by atoms with van der Waals surface area (Å²) in [7, 11) is 0. The van der Waals surface area contributed by atoms with Crippen molar-refractivity contribution in [1.29, 1.82) is 0 Å². The average Bonchev–Trinajstić information content (AvgIpc) is 2.05. The number of rotatable bonds is 0. The molecule has 12 heavy (non-hydrogen) atoms. The molecule has 0 heterocycles. The molecule has 0 nitrogen and oxygen atoms in total. The monoisotopic (exact) mass is 144 g/mol. The zero-order chi connectivity index (χ0) is 6.81. The van der Waals surface area contributed by atoms with Gasteiger partial charge in [0.05, 0.1) is 0 Å². The van der Waals surface area contributed by atoms with Crippen molar-refractivity contribution in [3.05, 3.63) is 41.5 Å². The smallest absolute Gasteiger partial charge is 0 e. The fourth-order valence-corrected chi connectivity index (χ4v) is 1.37. The molecule has 0 fully saturated rings. The molecular formula is C10H10Li2. The number of benzene rings is 1. The van der Waals surface area contributed by atoms with Crippen LogP contribution in [0.5, 0.6) is 0 Å². The van der Waals surface area contributed by atoms with Crippen LogP contribution in [-0.2, 0) is 6.42 Å². The summed E-state index contributed by atoms with van der Waals surface area (Å²) in [6, 6.07) is 8.58. The van der Waals surface area contributed by atoms with Gasteiger partial charge in [-0.15, -0.1) is 0 Å². The Balaban J connectivity index is 0.000000605. The largest absolute Gasteiger partial charge is 0.0836 e. The van der Waals surface area contributed by atoms with Gasteiger partial charge in [-0.1, -0.05) is 36.4 Å². The fourth-order valence-electron chi connectivity index (χ4n) is 1.37. The van der Waals surface area contributed by atoms with Crippen LogP contribution in [-0.4, -0.2) is 37.7 Å². The van der Waals surface area contributed by atoms with Gasteiger partial charge in [-0.2, -0.15) is 0 Å². The van der Waals surface area contributed by atoms with Crippen LogP contribution in [0.15, 0.2) is 30.3 Å². The number of allylic oxidation sites excluding steroid dienone is 1. The molecule has 0 aliphatic heterocycles. The third kappa shape index (κ3) is 2.58. The number of fused-ring (bicyclic) bond motifs is 1. The molecule has 0 aromatic heterocycles. The second-order valence-corrected chi connectivity index (χ2v) is 2.64. The second-order valence-electron chi connectivity index (χ2n) is 2.64. The van der Waals surface area contributed by atoms with Crippen molar-refractivity contribution in [2.45, 2.75) is 12.8 Å². The van der Waals surface area contributed by atoms with E-state index in [2.05, 4.69) is 36.4 Å². The predicted octanol–water partition coefficient (Wildman–Crippen LogP) is 1.88. The number of hydrogen-bond acceptors (Lipinski definition) is 0. The Labute approximate surface area is 97.8 Å². The minimum atomic E-state index is 0. The standard InChI is InChI=1S/C10H10.2Li/c1-2-6-10-8-4-3-7-9(10)5-1;;/h1-3,5-7H,4,8H2;;. The van der Waals surface area contributed by atoms with E-state index in [-0.39, 0.29) is 37.7 Å². The van der Waals surface area contributed by atoms with Gasteiger partial charge in [0.25, 0.3) is 0 Å². The molecule has 0 N–H and O–H groups in total. The first-order valence-corrected chi connectivity index (χ1v) is 3.71. The van der Waals surface area contributed by atoms with E-state index >= 15 is 0 Å². The van der Waals surface area contributed by atoms with E-state index in [1.165, 1.54) is 24.0 Å². The molecule has 0 bridgehead atoms. The minimum absolute atomic E-state index is 0. The number of aryl methyl sites for hydroxylation is 1. The van der Waals surface area contributed by atoms with Crippen LogP contribution in [0, 0.1) is 0 Å². The SMILES string of the molecule is C1=Cc2ccccc2CC1.[Li].[Li]. The molecule has 1 aliphatic rings. The van der Waals surface area contributed by atoms with Crippen molar-refractivity contribution in [1.82, 2.24) is 0 Å². The van der Waals surface area contributed by atoms with Crippen LogP contribution >= 0.6 is 0 Å². The van der Waals surface area contributed by atoms with Crippen LogP contribution in [0.4, 0.5) is 0 Å². The summed E-state index contributed by atoms with van der Waals surface area (Å²) in [5, 5.41) is 0. The van der Waals surface area contributed by atoms with E-state index < -0.39 is 0 Å². The summed E-state index contributed by atoms with van der Waals surface area (Å²) < 4.78 is 0. The summed E-state index contributed by atoms with van der Waals surface area (Å²) in [6.45, 7) is 0. The van der Waals surface area contributed by atoms with Gasteiger partial charge in [0.2, 0.25) is 0 Å². The quantitative estimate of drug-likeness (QED) is 0.487. The van der Waals surface area contributed by atoms with Crippen molar-refractivity contribution in [2.24, 2.45) is 0 Å². The topological polar surface area (TPSA) is 0 Å². The normalized spacial score (nSPS) is 12.3. The Hall–Kier alpha value is 0.155. The van der Waals surface area contributed by atoms with Crippen molar-refractivity contribution in [2.75, 3.05) is 0 Å². The molecule has 1 aliphatic carbocycles. The molecule has 2 rings (SSSR count). The van der Waals surface area contributed by atoms with Crippen LogP contribution in [0.25, 0.3) is 6.08 Å². The van der Waals surface area contributed by atoms with E-state index in [9.17, 15) is 0 Å². The number of hydrogen-bond donors (Lipinski definition) is 0. The third-order valence-electron chi connectivity index (χ3n) is 1.93. The summed E-state index contributed by atoms with van der Waals surface area (Å²) >= 11 is 0. The van der Waals surface area contributed by atoms with Crippen LogP contribution < -0.4 is 0 Å². The first kappa shape index (κ1) is 12.2. The molecule has 1 aromatic rings. The third-order valence-corrected chi connectivity index (χ3v) is 1.93. The first-order chi connectivity index (χ1) is 4.97. The maximum absolute atomic E-state index is 2.24. The fraction of sp³-hybridized carbons (Fsp3) is 0.200. The van der Waals surface area contributed by atoms with E-state index in [0.717, 1.165) is 0 Å². The van der Waals surface area contributed by atoms with E-state index in [1.807, 2.05) is 0 Å². The predicted molar refractivity (Wildman–Crippen MR) is 55.3 cm³/mol. The molecule has 2 heteroatoms. The van der Waals surface area contributed by atoms with Gasteiger partial charge in [-0.3, -0.25) is 0 Å². The van der Waals surface area contributed by atoms with E-state index in [0.29, 0.717) is 0 Å². The molecule has 0 amide bonds. The molecule has 0 saturated heterocycles. The Morgan fingerprint density at radius 2 is 1.75 bits per heavy atom. The Morgan fingerprint density at radius 1 is 1.00 bits per heavy atom. The van der Waals surface area contributed by atoms with Gasteiger partial charge in [-0.25, -0.2) is 0 Å². The zero-order valence-corrected chi connectivity index (χ0v) is 7.88. The molecule has 0 saturated carbocycles. The summed E-state index contributed by atoms with van der Waals surface area (Å²) in [6.07, 6.45) is 6.87. The van der Waals surface area contributed by atoms with Crippen LogP contribution in [0.2, 0.25) is 0 Å². The average molecular weight is 144 g/mol. The Morgan fingerprint density at radius 3 is 2.50 bits per heavy atom. The van der Waals surface area contributed by atoms with Crippen molar-refractivity contribution in [3.8, 4) is 0 Å². The van der Waals surface area contributed by atoms with E-state index in [4.69, 9.17) is 0 Å². The van der Waals surface area contributed by atoms with E-state index in [1.54, 1.807) is 0 Å². The Kier molecular flexibility index (Phi) is 5.82. The van der Waals surface area contributed by atoms with Gasteiger partial charge in [0, 0.05) is 37.7 Å². The van der Waals surface area contributed by atoms with Gasteiger partial charge < -0.3 is 0 Å². The van der Waals surface area contributed by atoms with Crippen molar-refractivity contribution >= 4 is 43.8 Å². The van der Waals surface area contributed by atoms with Gasteiger partial charge in [0.1, 0.15) is 0 Å². The van der Waals surface area contributed by atoms with Crippen LogP contribution in [0.3, 0.4) is 0 Å². The molecule has 0 atom stereocenters. The molecule has 1 aromatic carbocycles. The van der Waals surface area contributed by atoms with Gasteiger partial charge >= 0.3 is 0 Å². The molecule has 52 valence electrons. The minimum Gasteiger partial charge on any atom is -0.0836 e. The molecule has 0 spiro atoms. The van der Waals surface area contributed by atoms with Gasteiger partial charge in [-0.05, 0) is 24.0 Å². The van der Waals surface area contributed by atoms with Crippen molar-refractivity contribution in [3.63, 3.8) is 0 Å². The molecule has 2 radical (unpaired) electrons. The first-order valence-electron chi connectivity index (χ1n) is 3.71. The maximum Gasteiger partial charge on any atom is 0 e. The summed E-state index contributed by atoms with van der Waals surface area (Å²) in [5.41, 5.74) is 2.89. The second kappa shape index (κ2) is 5.74. The Bertz CT molecular complexity index is 266. The zero-order valence-electron chi connectivity index (χ0n) is 7.88. The molecule has 0 unspecified atom stereocenters. The van der Waals surface area contributed by atoms with Crippen LogP contribution in [0.1, 0.15) is 17.5 Å². The molecular weight excluding hydrogens is 134 g/mol.